The van der Waals surface area contributed by atoms with Crippen molar-refractivity contribution in [2.24, 2.45) is 0 Å². The zero-order valence-corrected chi connectivity index (χ0v) is 11.7. The Morgan fingerprint density at radius 1 is 1.57 bits per heavy atom. The number of benzene rings is 1. The number of carbonyl (C=O) groups excluding carboxylic acids is 1. The van der Waals surface area contributed by atoms with Crippen molar-refractivity contribution in [3.63, 3.8) is 0 Å². The summed E-state index contributed by atoms with van der Waals surface area (Å²) in [6, 6.07) is 1.77. The van der Waals surface area contributed by atoms with Crippen molar-refractivity contribution in [3.8, 4) is 0 Å². The summed E-state index contributed by atoms with van der Waals surface area (Å²) in [5.41, 5.74) is 4.78. The summed E-state index contributed by atoms with van der Waals surface area (Å²) in [5.74, 6) is -1.73. The van der Waals surface area contributed by atoms with Crippen molar-refractivity contribution in [1.82, 2.24) is 10.3 Å². The molecule has 0 saturated carbocycles. The molecular weight excluding hydrogens is 299 g/mol. The minimum absolute atomic E-state index is 0.0961. The van der Waals surface area contributed by atoms with E-state index in [1.165, 1.54) is 11.3 Å². The first-order chi connectivity index (χ1) is 9.90. The van der Waals surface area contributed by atoms with Crippen LogP contribution in [0.1, 0.15) is 21.1 Å². The maximum atomic E-state index is 13.7. The van der Waals surface area contributed by atoms with E-state index in [0.29, 0.717) is 5.01 Å². The summed E-state index contributed by atoms with van der Waals surface area (Å²) in [6.45, 7) is 1.90. The highest BCUT2D eigenvalue weighted by Crippen LogP contribution is 2.27. The Kier molecular flexibility index (Phi) is 4.13. The summed E-state index contributed by atoms with van der Waals surface area (Å²) in [5, 5.41) is 15.6. The van der Waals surface area contributed by atoms with Crippen molar-refractivity contribution < 1.29 is 14.1 Å². The molecule has 1 aromatic heterocycles. The number of aryl methyl sites for hydroxylation is 1. The van der Waals surface area contributed by atoms with E-state index in [0.717, 1.165) is 17.8 Å². The average molecular weight is 310 g/mol. The number of hydrogen-bond acceptors (Lipinski definition) is 6. The lowest BCUT2D eigenvalue weighted by Crippen LogP contribution is -2.25. The van der Waals surface area contributed by atoms with Crippen molar-refractivity contribution in [1.29, 1.82) is 0 Å². The van der Waals surface area contributed by atoms with E-state index < -0.39 is 33.6 Å². The third-order valence-corrected chi connectivity index (χ3v) is 3.63. The predicted octanol–water partition coefficient (Wildman–Crippen LogP) is 2.01. The number of nitrogens with two attached hydrogens (primary N) is 1. The van der Waals surface area contributed by atoms with E-state index in [-0.39, 0.29) is 6.54 Å². The predicted molar refractivity (Wildman–Crippen MR) is 75.5 cm³/mol. The second kappa shape index (κ2) is 5.83. The Morgan fingerprint density at radius 2 is 2.29 bits per heavy atom. The van der Waals surface area contributed by atoms with Crippen molar-refractivity contribution in [2.45, 2.75) is 13.5 Å². The van der Waals surface area contributed by atoms with E-state index in [4.69, 9.17) is 5.73 Å². The second-order valence-electron chi connectivity index (χ2n) is 4.18. The van der Waals surface area contributed by atoms with Gasteiger partial charge in [0.25, 0.3) is 11.6 Å². The minimum Gasteiger partial charge on any atom is -0.392 e. The number of amides is 1. The van der Waals surface area contributed by atoms with Crippen LogP contribution in [0.5, 0.6) is 0 Å². The van der Waals surface area contributed by atoms with Crippen LogP contribution in [0, 0.1) is 22.9 Å². The van der Waals surface area contributed by atoms with Gasteiger partial charge in [0, 0.05) is 17.1 Å². The van der Waals surface area contributed by atoms with Gasteiger partial charge in [-0.05, 0) is 13.0 Å². The smallest absolute Gasteiger partial charge is 0.293 e. The van der Waals surface area contributed by atoms with Crippen LogP contribution in [-0.2, 0) is 6.54 Å². The van der Waals surface area contributed by atoms with Crippen LogP contribution in [0.25, 0.3) is 0 Å². The van der Waals surface area contributed by atoms with Crippen LogP contribution in [0.4, 0.5) is 15.8 Å². The molecule has 0 aliphatic heterocycles. The highest BCUT2D eigenvalue weighted by Gasteiger charge is 2.23. The highest BCUT2D eigenvalue weighted by molar-refractivity contribution is 7.09. The van der Waals surface area contributed by atoms with E-state index in [9.17, 15) is 19.3 Å². The van der Waals surface area contributed by atoms with Crippen LogP contribution in [0.15, 0.2) is 17.5 Å². The number of nitrogens with one attached hydrogen (secondary N) is 1. The lowest BCUT2D eigenvalue weighted by molar-refractivity contribution is -0.384. The quantitative estimate of drug-likeness (QED) is 0.510. The van der Waals surface area contributed by atoms with Crippen LogP contribution in [-0.4, -0.2) is 15.8 Å². The van der Waals surface area contributed by atoms with Gasteiger partial charge in [-0.3, -0.25) is 14.9 Å². The van der Waals surface area contributed by atoms with Gasteiger partial charge in [-0.25, -0.2) is 9.37 Å². The second-order valence-corrected chi connectivity index (χ2v) is 5.12. The number of rotatable bonds is 4. The molecule has 1 aromatic carbocycles. The minimum atomic E-state index is -0.911. The number of nitro benzene ring substituents is 1. The molecule has 21 heavy (non-hydrogen) atoms. The summed E-state index contributed by atoms with van der Waals surface area (Å²) >= 11 is 1.34. The van der Waals surface area contributed by atoms with Gasteiger partial charge in [0.15, 0.2) is 0 Å². The van der Waals surface area contributed by atoms with E-state index in [1.807, 2.05) is 5.38 Å². The fourth-order valence-electron chi connectivity index (χ4n) is 1.70. The number of hydrogen-bond donors (Lipinski definition) is 2. The fourth-order valence-corrected chi connectivity index (χ4v) is 2.41. The normalized spacial score (nSPS) is 10.4. The van der Waals surface area contributed by atoms with E-state index in [2.05, 4.69) is 10.3 Å². The summed E-state index contributed by atoms with van der Waals surface area (Å²) in [6.07, 6.45) is 0. The molecular formula is C12H11FN4O3S. The number of anilines is 1. The van der Waals surface area contributed by atoms with Crippen molar-refractivity contribution >= 4 is 28.6 Å². The van der Waals surface area contributed by atoms with Crippen LogP contribution in [0.2, 0.25) is 0 Å². The Bertz CT molecular complexity index is 717. The number of nitrogens with zero attached hydrogens (tertiary/aromatic N) is 2. The van der Waals surface area contributed by atoms with Crippen LogP contribution in [0.3, 0.4) is 0 Å². The molecule has 0 fully saturated rings. The Labute approximate surface area is 122 Å². The molecule has 0 aliphatic carbocycles. The molecule has 1 amide bonds. The molecule has 0 aliphatic rings. The Hall–Kier alpha value is -2.55. The zero-order chi connectivity index (χ0) is 15.6. The van der Waals surface area contributed by atoms with E-state index in [1.54, 1.807) is 6.92 Å². The molecule has 110 valence electrons. The molecule has 2 rings (SSSR count). The van der Waals surface area contributed by atoms with Gasteiger partial charge < -0.3 is 11.1 Å². The maximum absolute atomic E-state index is 13.7. The molecule has 0 unspecified atom stereocenters. The molecule has 0 atom stereocenters. The van der Waals surface area contributed by atoms with Crippen LogP contribution < -0.4 is 11.1 Å². The molecule has 9 heteroatoms. The number of nitrogen functional groups attached to an aromatic ring is 1. The molecule has 2 aromatic rings. The number of carbonyl (C=O) groups is 1. The van der Waals surface area contributed by atoms with E-state index >= 15 is 0 Å². The number of thiazole rings is 1. The summed E-state index contributed by atoms with van der Waals surface area (Å²) in [7, 11) is 0. The summed E-state index contributed by atoms with van der Waals surface area (Å²) in [4.78, 5) is 26.1. The monoisotopic (exact) mass is 310 g/mol. The van der Waals surface area contributed by atoms with Gasteiger partial charge in [-0.15, -0.1) is 11.3 Å². The van der Waals surface area contributed by atoms with Gasteiger partial charge in [0.1, 0.15) is 22.1 Å². The third-order valence-electron chi connectivity index (χ3n) is 2.66. The Balaban J connectivity index is 2.22. The van der Waals surface area contributed by atoms with Crippen LogP contribution >= 0.6 is 11.3 Å². The molecule has 0 bridgehead atoms. The van der Waals surface area contributed by atoms with Gasteiger partial charge >= 0.3 is 0 Å². The topological polar surface area (TPSA) is 111 Å². The fraction of sp³-hybridized carbons (Fsp3) is 0.167. The van der Waals surface area contributed by atoms with Gasteiger partial charge in [0.2, 0.25) is 0 Å². The zero-order valence-electron chi connectivity index (χ0n) is 10.9. The molecule has 3 N–H and O–H groups in total. The average Bonchev–Trinajstić information content (AvgIpc) is 2.82. The van der Waals surface area contributed by atoms with Crippen molar-refractivity contribution in [3.05, 3.63) is 49.7 Å². The van der Waals surface area contributed by atoms with Gasteiger partial charge in [0.05, 0.1) is 11.5 Å². The maximum Gasteiger partial charge on any atom is 0.293 e. The van der Waals surface area contributed by atoms with Crippen molar-refractivity contribution in [2.75, 3.05) is 5.73 Å². The first kappa shape index (κ1) is 14.9. The lowest BCUT2D eigenvalue weighted by atomic mass is 10.1. The SMILES string of the molecule is Cc1csc(CNC(=O)c2c(F)ccc([N+](=O)[O-])c2N)n1. The molecule has 0 saturated heterocycles. The largest absolute Gasteiger partial charge is 0.392 e. The highest BCUT2D eigenvalue weighted by atomic mass is 32.1. The number of aromatic nitrogens is 1. The molecule has 1 heterocycles. The molecule has 0 radical (unpaired) electrons. The molecule has 0 spiro atoms. The Morgan fingerprint density at radius 3 is 2.86 bits per heavy atom. The first-order valence-corrected chi connectivity index (χ1v) is 6.69. The first-order valence-electron chi connectivity index (χ1n) is 5.81. The number of halogens is 1. The molecule has 7 nitrogen and oxygen atoms in total. The third kappa shape index (κ3) is 3.14. The number of nitro groups is 1. The lowest BCUT2D eigenvalue weighted by Gasteiger charge is -2.07. The van der Waals surface area contributed by atoms with Gasteiger partial charge in [-0.2, -0.15) is 0 Å². The van der Waals surface area contributed by atoms with Gasteiger partial charge in [-0.1, -0.05) is 0 Å². The standard InChI is InChI=1S/C12H11FN4O3S/c1-6-5-21-9(16-6)4-15-12(18)10-7(13)2-3-8(11(10)14)17(19)20/h2-3,5H,4,14H2,1H3,(H,15,18). The summed E-state index contributed by atoms with van der Waals surface area (Å²) < 4.78 is 13.7.